The number of carbonyl (C=O) groups is 1. The Morgan fingerprint density at radius 1 is 1.39 bits per heavy atom. The van der Waals surface area contributed by atoms with Gasteiger partial charge in [0.2, 0.25) is 0 Å². The molecule has 3 heterocycles. The first-order chi connectivity index (χ1) is 11.2. The van der Waals surface area contributed by atoms with E-state index in [0.717, 1.165) is 35.3 Å². The Balaban J connectivity index is 1.56. The Hall–Kier alpha value is -2.41. The summed E-state index contributed by atoms with van der Waals surface area (Å²) in [5.74, 6) is 0.636. The number of piperidine rings is 1. The van der Waals surface area contributed by atoms with Gasteiger partial charge in [-0.05, 0) is 25.0 Å². The molecule has 0 aliphatic carbocycles. The molecule has 23 heavy (non-hydrogen) atoms. The average Bonchev–Trinajstić information content (AvgIpc) is 3.20. The first kappa shape index (κ1) is 14.2. The molecule has 4 rings (SSSR count). The van der Waals surface area contributed by atoms with Crippen molar-refractivity contribution in [3.05, 3.63) is 50.9 Å². The zero-order valence-corrected chi connectivity index (χ0v) is 13.1. The van der Waals surface area contributed by atoms with Crippen LogP contribution in [0.2, 0.25) is 0 Å². The van der Waals surface area contributed by atoms with Gasteiger partial charge in [-0.3, -0.25) is 9.59 Å². The summed E-state index contributed by atoms with van der Waals surface area (Å²) in [5, 5.41) is 1.58. The summed E-state index contributed by atoms with van der Waals surface area (Å²) in [5.41, 5.74) is 1.97. The number of amides is 1. The molecular formula is C16H15N3O3S. The van der Waals surface area contributed by atoms with Crippen LogP contribution in [-0.2, 0) is 0 Å². The number of hydrogen-bond acceptors (Lipinski definition) is 5. The number of aromatic amines is 1. The van der Waals surface area contributed by atoms with Crippen molar-refractivity contribution in [1.82, 2.24) is 14.9 Å². The molecular weight excluding hydrogens is 314 g/mol. The minimum atomic E-state index is -0.208. The fourth-order valence-electron chi connectivity index (χ4n) is 2.98. The molecule has 6 nitrogen and oxygen atoms in total. The smallest absolute Gasteiger partial charge is 0.305 e. The van der Waals surface area contributed by atoms with Gasteiger partial charge >= 0.3 is 4.87 Å². The number of benzene rings is 1. The Kier molecular flexibility index (Phi) is 3.49. The molecule has 0 saturated carbocycles. The molecule has 7 heteroatoms. The van der Waals surface area contributed by atoms with Crippen LogP contribution in [-0.4, -0.2) is 33.9 Å². The summed E-state index contributed by atoms with van der Waals surface area (Å²) in [6.07, 6.45) is 1.83. The highest BCUT2D eigenvalue weighted by Gasteiger charge is 2.29. The second kappa shape index (κ2) is 5.66. The van der Waals surface area contributed by atoms with E-state index in [2.05, 4.69) is 9.97 Å². The van der Waals surface area contributed by atoms with E-state index in [-0.39, 0.29) is 16.7 Å². The number of aromatic nitrogens is 2. The van der Waals surface area contributed by atoms with Crippen LogP contribution in [0, 0.1) is 0 Å². The molecule has 1 aliphatic heterocycles. The molecule has 1 fully saturated rings. The quantitative estimate of drug-likeness (QED) is 0.784. The zero-order chi connectivity index (χ0) is 15.8. The van der Waals surface area contributed by atoms with E-state index in [1.54, 1.807) is 10.3 Å². The highest BCUT2D eigenvalue weighted by Crippen LogP contribution is 2.29. The maximum Gasteiger partial charge on any atom is 0.305 e. The van der Waals surface area contributed by atoms with E-state index in [4.69, 9.17) is 4.42 Å². The number of likely N-dealkylation sites (tertiary alicyclic amines) is 1. The predicted octanol–water partition coefficient (Wildman–Crippen LogP) is 2.60. The molecule has 0 spiro atoms. The molecule has 1 N–H and O–H groups in total. The molecule has 1 amide bonds. The first-order valence-corrected chi connectivity index (χ1v) is 8.41. The second-order valence-corrected chi connectivity index (χ2v) is 6.51. The fourth-order valence-corrected chi connectivity index (χ4v) is 3.54. The number of nitrogens with zero attached hydrogens (tertiary/aromatic N) is 2. The van der Waals surface area contributed by atoms with Crippen molar-refractivity contribution in [3.8, 4) is 0 Å². The van der Waals surface area contributed by atoms with Gasteiger partial charge in [0.05, 0.1) is 5.92 Å². The third kappa shape index (κ3) is 2.68. The number of oxazole rings is 1. The maximum atomic E-state index is 12.5. The second-order valence-electron chi connectivity index (χ2n) is 5.67. The van der Waals surface area contributed by atoms with E-state index in [0.29, 0.717) is 24.7 Å². The molecule has 1 aromatic carbocycles. The number of H-pyrrole nitrogens is 1. The minimum absolute atomic E-state index is 0.0884. The number of thiazole rings is 1. The van der Waals surface area contributed by atoms with Gasteiger partial charge < -0.3 is 14.3 Å². The number of carbonyl (C=O) groups excluding carboxylic acids is 1. The Labute approximate surface area is 135 Å². The molecule has 1 aliphatic rings. The molecule has 1 unspecified atom stereocenters. The normalized spacial score (nSPS) is 18.4. The van der Waals surface area contributed by atoms with Gasteiger partial charge in [0.15, 0.2) is 11.5 Å². The van der Waals surface area contributed by atoms with Crippen molar-refractivity contribution in [2.24, 2.45) is 0 Å². The van der Waals surface area contributed by atoms with Crippen molar-refractivity contribution < 1.29 is 9.21 Å². The van der Waals surface area contributed by atoms with Crippen molar-refractivity contribution in [2.45, 2.75) is 18.8 Å². The van der Waals surface area contributed by atoms with Crippen LogP contribution in [0.25, 0.3) is 11.1 Å². The summed E-state index contributed by atoms with van der Waals surface area (Å²) in [6, 6.07) is 7.66. The van der Waals surface area contributed by atoms with E-state index in [1.165, 1.54) is 0 Å². The third-order valence-corrected chi connectivity index (χ3v) is 4.79. The van der Waals surface area contributed by atoms with Gasteiger partial charge in [0.1, 0.15) is 11.2 Å². The van der Waals surface area contributed by atoms with Gasteiger partial charge in [0, 0.05) is 18.5 Å². The van der Waals surface area contributed by atoms with Crippen LogP contribution in [0.15, 0.2) is 38.9 Å². The zero-order valence-electron chi connectivity index (χ0n) is 12.3. The van der Waals surface area contributed by atoms with Gasteiger partial charge in [-0.1, -0.05) is 23.5 Å². The lowest BCUT2D eigenvalue weighted by Crippen LogP contribution is -2.39. The Morgan fingerprint density at radius 3 is 3.04 bits per heavy atom. The van der Waals surface area contributed by atoms with Gasteiger partial charge in [-0.15, -0.1) is 0 Å². The van der Waals surface area contributed by atoms with Crippen LogP contribution in [0.3, 0.4) is 0 Å². The Morgan fingerprint density at radius 2 is 2.26 bits per heavy atom. The number of nitrogens with one attached hydrogen (secondary N) is 1. The van der Waals surface area contributed by atoms with E-state index in [9.17, 15) is 9.59 Å². The highest BCUT2D eigenvalue weighted by molar-refractivity contribution is 7.07. The lowest BCUT2D eigenvalue weighted by Gasteiger charge is -2.30. The molecule has 3 aromatic rings. The lowest BCUT2D eigenvalue weighted by molar-refractivity contribution is 0.0693. The van der Waals surface area contributed by atoms with Crippen molar-refractivity contribution in [2.75, 3.05) is 13.1 Å². The Bertz CT molecular complexity index is 877. The van der Waals surface area contributed by atoms with Crippen molar-refractivity contribution in [3.63, 3.8) is 0 Å². The third-order valence-electron chi connectivity index (χ3n) is 4.12. The summed E-state index contributed by atoms with van der Waals surface area (Å²) < 4.78 is 5.84. The molecule has 118 valence electrons. The van der Waals surface area contributed by atoms with Crippen molar-refractivity contribution >= 4 is 28.3 Å². The van der Waals surface area contributed by atoms with Crippen LogP contribution in [0.1, 0.15) is 35.1 Å². The van der Waals surface area contributed by atoms with Crippen LogP contribution in [0.4, 0.5) is 0 Å². The first-order valence-electron chi connectivity index (χ1n) is 7.53. The molecule has 0 bridgehead atoms. The van der Waals surface area contributed by atoms with E-state index >= 15 is 0 Å². The van der Waals surface area contributed by atoms with E-state index < -0.39 is 0 Å². The number of fused-ring (bicyclic) bond motifs is 1. The summed E-state index contributed by atoms with van der Waals surface area (Å²) in [4.78, 5) is 32.4. The van der Waals surface area contributed by atoms with Gasteiger partial charge in [0.25, 0.3) is 5.91 Å². The maximum absolute atomic E-state index is 12.5. The topological polar surface area (TPSA) is 79.2 Å². The number of rotatable bonds is 2. The molecule has 1 saturated heterocycles. The van der Waals surface area contributed by atoms with Crippen LogP contribution >= 0.6 is 11.3 Å². The number of hydrogen-bond donors (Lipinski definition) is 1. The summed E-state index contributed by atoms with van der Waals surface area (Å²) in [6.45, 7) is 1.25. The highest BCUT2D eigenvalue weighted by atomic mass is 32.1. The van der Waals surface area contributed by atoms with Gasteiger partial charge in [-0.25, -0.2) is 4.98 Å². The monoisotopic (exact) mass is 329 g/mol. The molecule has 0 radical (unpaired) electrons. The van der Waals surface area contributed by atoms with E-state index in [1.807, 2.05) is 24.3 Å². The largest absolute Gasteiger partial charge is 0.440 e. The van der Waals surface area contributed by atoms with Gasteiger partial charge in [-0.2, -0.15) is 0 Å². The lowest BCUT2D eigenvalue weighted by atomic mass is 9.98. The SMILES string of the molecule is O=C(c1csc(=O)[nH]1)N1CCCC(c2nc3ccccc3o2)C1. The predicted molar refractivity (Wildman–Crippen MR) is 86.8 cm³/mol. The molecule has 2 aromatic heterocycles. The van der Waals surface area contributed by atoms with Crippen LogP contribution in [0.5, 0.6) is 0 Å². The standard InChI is InChI=1S/C16H15N3O3S/c20-15(12-9-23-16(21)18-12)19-7-3-4-10(8-19)14-17-11-5-1-2-6-13(11)22-14/h1-2,5-6,9-10H,3-4,7-8H2,(H,18,21). The molecule has 1 atom stereocenters. The summed E-state index contributed by atoms with van der Waals surface area (Å²) in [7, 11) is 0. The minimum Gasteiger partial charge on any atom is -0.440 e. The average molecular weight is 329 g/mol. The number of para-hydroxylation sites is 2. The van der Waals surface area contributed by atoms with Crippen LogP contribution < -0.4 is 4.87 Å². The van der Waals surface area contributed by atoms with Crippen molar-refractivity contribution in [1.29, 1.82) is 0 Å². The fraction of sp³-hybridized carbons (Fsp3) is 0.312. The summed E-state index contributed by atoms with van der Waals surface area (Å²) >= 11 is 1.01.